The number of carbonyl (C=O) groups is 1. The molecule has 23 heavy (non-hydrogen) atoms. The van der Waals surface area contributed by atoms with Gasteiger partial charge in [-0.2, -0.15) is 0 Å². The first-order chi connectivity index (χ1) is 10.3. The molecule has 0 saturated carbocycles. The number of amides is 1. The fourth-order valence-electron chi connectivity index (χ4n) is 1.90. The van der Waals surface area contributed by atoms with Gasteiger partial charge in [-0.15, -0.1) is 24.0 Å². The van der Waals surface area contributed by atoms with E-state index in [9.17, 15) is 4.79 Å². The smallest absolute Gasteiger partial charge is 0.407 e. The third-order valence-electron chi connectivity index (χ3n) is 3.46. The molecule has 0 bridgehead atoms. The summed E-state index contributed by atoms with van der Waals surface area (Å²) < 4.78 is 4.96. The van der Waals surface area contributed by atoms with E-state index in [1.807, 2.05) is 0 Å². The third kappa shape index (κ3) is 12.4. The monoisotopic (exact) mass is 442 g/mol. The number of ether oxygens (including phenoxy) is 1. The maximum Gasteiger partial charge on any atom is 0.407 e. The van der Waals surface area contributed by atoms with Crippen molar-refractivity contribution >= 4 is 36.0 Å². The van der Waals surface area contributed by atoms with Crippen LogP contribution < -0.4 is 16.0 Å². The Bertz CT molecular complexity index is 349. The van der Waals surface area contributed by atoms with E-state index in [0.29, 0.717) is 31.0 Å². The zero-order valence-corrected chi connectivity index (χ0v) is 17.9. The summed E-state index contributed by atoms with van der Waals surface area (Å²) in [6.07, 6.45) is 0.510. The second kappa shape index (κ2) is 13.7. The summed E-state index contributed by atoms with van der Waals surface area (Å²) in [7, 11) is 1.75. The predicted octanol–water partition coefficient (Wildman–Crippen LogP) is 2.97. The van der Waals surface area contributed by atoms with Crippen LogP contribution in [0.25, 0.3) is 0 Å². The Morgan fingerprint density at radius 3 is 2.17 bits per heavy atom. The van der Waals surface area contributed by atoms with E-state index in [2.05, 4.69) is 55.6 Å². The second-order valence-electron chi connectivity index (χ2n) is 6.32. The van der Waals surface area contributed by atoms with Gasteiger partial charge in [0.25, 0.3) is 0 Å². The Balaban J connectivity index is 0. The van der Waals surface area contributed by atoms with Gasteiger partial charge in [-0.25, -0.2) is 4.79 Å². The number of guanidine groups is 1. The molecular formula is C16H35IN4O2. The van der Waals surface area contributed by atoms with Gasteiger partial charge in [-0.3, -0.25) is 4.99 Å². The lowest BCUT2D eigenvalue weighted by atomic mass is 10.0. The first-order valence-electron chi connectivity index (χ1n) is 8.20. The molecule has 6 nitrogen and oxygen atoms in total. The number of rotatable bonds is 8. The Morgan fingerprint density at radius 2 is 1.74 bits per heavy atom. The van der Waals surface area contributed by atoms with Gasteiger partial charge in [-0.05, 0) is 32.1 Å². The normalized spacial score (nSPS) is 14.0. The van der Waals surface area contributed by atoms with Gasteiger partial charge in [0.1, 0.15) is 0 Å². The summed E-state index contributed by atoms with van der Waals surface area (Å²) in [5.41, 5.74) is 0. The fourth-order valence-corrected chi connectivity index (χ4v) is 1.90. The highest BCUT2D eigenvalue weighted by Gasteiger charge is 2.16. The standard InChI is InChI=1S/C16H34N4O2.HI/c1-8-22-16(21)20-14(9-11(2)3)10-18-15(17-7)19-13(6)12(4)5;/h11-14H,8-10H2,1-7H3,(H,20,21)(H2,17,18,19);1H. The van der Waals surface area contributed by atoms with Crippen LogP contribution in [0.15, 0.2) is 4.99 Å². The molecule has 1 amide bonds. The van der Waals surface area contributed by atoms with Crippen LogP contribution in [0.2, 0.25) is 0 Å². The van der Waals surface area contributed by atoms with Crippen molar-refractivity contribution in [2.24, 2.45) is 16.8 Å². The molecule has 0 fully saturated rings. The van der Waals surface area contributed by atoms with Gasteiger partial charge >= 0.3 is 6.09 Å². The lowest BCUT2D eigenvalue weighted by Gasteiger charge is -2.24. The molecule has 0 rings (SSSR count). The van der Waals surface area contributed by atoms with E-state index in [0.717, 1.165) is 12.4 Å². The molecule has 0 saturated heterocycles. The summed E-state index contributed by atoms with van der Waals surface area (Å²) >= 11 is 0. The average Bonchev–Trinajstić information content (AvgIpc) is 2.42. The molecule has 0 heterocycles. The van der Waals surface area contributed by atoms with E-state index in [1.54, 1.807) is 14.0 Å². The number of halogens is 1. The van der Waals surface area contributed by atoms with E-state index >= 15 is 0 Å². The third-order valence-corrected chi connectivity index (χ3v) is 3.46. The Hall–Kier alpha value is -0.730. The van der Waals surface area contributed by atoms with Crippen molar-refractivity contribution in [1.29, 1.82) is 0 Å². The highest BCUT2D eigenvalue weighted by Crippen LogP contribution is 2.05. The van der Waals surface area contributed by atoms with Crippen LogP contribution in [0.4, 0.5) is 4.79 Å². The molecule has 0 aromatic carbocycles. The molecule has 7 heteroatoms. The van der Waals surface area contributed by atoms with Crippen LogP contribution in [-0.2, 0) is 4.74 Å². The maximum atomic E-state index is 11.6. The number of alkyl carbamates (subject to hydrolysis) is 1. The van der Waals surface area contributed by atoms with Crippen LogP contribution >= 0.6 is 24.0 Å². The second-order valence-corrected chi connectivity index (χ2v) is 6.32. The van der Waals surface area contributed by atoms with Crippen LogP contribution in [0.3, 0.4) is 0 Å². The molecule has 0 aliphatic carbocycles. The number of nitrogens with one attached hydrogen (secondary N) is 3. The number of carbonyl (C=O) groups excluding carboxylic acids is 1. The van der Waals surface area contributed by atoms with Crippen LogP contribution in [-0.4, -0.2) is 44.3 Å². The van der Waals surface area contributed by atoms with E-state index < -0.39 is 0 Å². The highest BCUT2D eigenvalue weighted by atomic mass is 127. The van der Waals surface area contributed by atoms with Crippen LogP contribution in [0.5, 0.6) is 0 Å². The quantitative estimate of drug-likeness (QED) is 0.307. The molecule has 0 aliphatic rings. The molecule has 0 aromatic heterocycles. The summed E-state index contributed by atoms with van der Waals surface area (Å²) in [5.74, 6) is 1.75. The van der Waals surface area contributed by atoms with Crippen molar-refractivity contribution < 1.29 is 9.53 Å². The Labute approximate surface area is 158 Å². The molecule has 0 radical (unpaired) electrons. The Kier molecular flexibility index (Phi) is 14.6. The molecule has 2 atom stereocenters. The SMILES string of the molecule is CCOC(=O)NC(CNC(=NC)NC(C)C(C)C)CC(C)C.I. The highest BCUT2D eigenvalue weighted by molar-refractivity contribution is 14.0. The molecule has 138 valence electrons. The summed E-state index contributed by atoms with van der Waals surface area (Å²) in [4.78, 5) is 15.8. The summed E-state index contributed by atoms with van der Waals surface area (Å²) in [5, 5.41) is 9.52. The molecular weight excluding hydrogens is 407 g/mol. The van der Waals surface area contributed by atoms with Gasteiger partial charge < -0.3 is 20.7 Å². The number of aliphatic imine (C=N–C) groups is 1. The average molecular weight is 442 g/mol. The van der Waals surface area contributed by atoms with Crippen molar-refractivity contribution in [3.05, 3.63) is 0 Å². The van der Waals surface area contributed by atoms with Gasteiger partial charge in [-0.1, -0.05) is 27.7 Å². The maximum absolute atomic E-state index is 11.6. The van der Waals surface area contributed by atoms with Crippen molar-refractivity contribution in [2.45, 2.75) is 60.0 Å². The number of hydrogen-bond donors (Lipinski definition) is 3. The largest absolute Gasteiger partial charge is 0.450 e. The summed E-state index contributed by atoms with van der Waals surface area (Å²) in [6.45, 7) is 13.5. The van der Waals surface area contributed by atoms with Gasteiger partial charge in [0, 0.05) is 25.7 Å². The fraction of sp³-hybridized carbons (Fsp3) is 0.875. The predicted molar refractivity (Wildman–Crippen MR) is 108 cm³/mol. The molecule has 0 aliphatic heterocycles. The van der Waals surface area contributed by atoms with E-state index in [-0.39, 0.29) is 36.1 Å². The zero-order chi connectivity index (χ0) is 17.1. The lowest BCUT2D eigenvalue weighted by molar-refractivity contribution is 0.146. The number of hydrogen-bond acceptors (Lipinski definition) is 3. The Morgan fingerprint density at radius 1 is 1.13 bits per heavy atom. The first-order valence-corrected chi connectivity index (χ1v) is 8.20. The first kappa shape index (κ1) is 24.5. The van der Waals surface area contributed by atoms with Crippen molar-refractivity contribution in [3.63, 3.8) is 0 Å². The lowest BCUT2D eigenvalue weighted by Crippen LogP contribution is -2.50. The minimum atomic E-state index is -0.367. The van der Waals surface area contributed by atoms with Crippen molar-refractivity contribution in [1.82, 2.24) is 16.0 Å². The molecule has 0 spiro atoms. The minimum absolute atomic E-state index is 0. The van der Waals surface area contributed by atoms with Crippen molar-refractivity contribution in [3.8, 4) is 0 Å². The van der Waals surface area contributed by atoms with Crippen LogP contribution in [0.1, 0.15) is 48.0 Å². The van der Waals surface area contributed by atoms with Crippen molar-refractivity contribution in [2.75, 3.05) is 20.2 Å². The molecule has 3 N–H and O–H groups in total. The van der Waals surface area contributed by atoms with Gasteiger partial charge in [0.2, 0.25) is 0 Å². The molecule has 2 unspecified atom stereocenters. The van der Waals surface area contributed by atoms with E-state index in [4.69, 9.17) is 4.74 Å². The molecule has 0 aromatic rings. The summed E-state index contributed by atoms with van der Waals surface area (Å²) in [6, 6.07) is 0.333. The minimum Gasteiger partial charge on any atom is -0.450 e. The van der Waals surface area contributed by atoms with Gasteiger partial charge in [0.05, 0.1) is 6.61 Å². The zero-order valence-electron chi connectivity index (χ0n) is 15.6. The topological polar surface area (TPSA) is 74.8 Å². The van der Waals surface area contributed by atoms with Crippen LogP contribution in [0, 0.1) is 11.8 Å². The van der Waals surface area contributed by atoms with Gasteiger partial charge in [0.15, 0.2) is 5.96 Å². The van der Waals surface area contributed by atoms with E-state index in [1.165, 1.54) is 0 Å². The number of nitrogens with zero attached hydrogens (tertiary/aromatic N) is 1.